The van der Waals surface area contributed by atoms with Crippen molar-refractivity contribution in [2.45, 2.75) is 115 Å². The number of likely N-dealkylation sites (N-methyl/N-ethyl adjacent to an activating group) is 1. The van der Waals surface area contributed by atoms with Crippen molar-refractivity contribution in [3.8, 4) is 22.6 Å². The van der Waals surface area contributed by atoms with Gasteiger partial charge in [-0.2, -0.15) is 0 Å². The summed E-state index contributed by atoms with van der Waals surface area (Å²) in [5, 5.41) is 39.7. The number of nitrogens with two attached hydrogens (primary N) is 1. The van der Waals surface area contributed by atoms with Crippen LogP contribution in [0.2, 0.25) is 0 Å². The highest BCUT2D eigenvalue weighted by molar-refractivity contribution is 7.89. The monoisotopic (exact) mass is 788 g/mol. The number of nitrogens with one attached hydrogen (secondary N) is 4. The van der Waals surface area contributed by atoms with Crippen LogP contribution in [-0.4, -0.2) is 103 Å². The van der Waals surface area contributed by atoms with E-state index >= 15 is 0 Å². The Bertz CT molecular complexity index is 1710. The van der Waals surface area contributed by atoms with E-state index in [1.807, 2.05) is 0 Å². The number of rotatable bonds is 21. The molecule has 0 fully saturated rings. The number of aromatic hydroxyl groups is 2. The zero-order valence-corrected chi connectivity index (χ0v) is 33.1. The third-order valence-corrected chi connectivity index (χ3v) is 11.2. The van der Waals surface area contributed by atoms with Gasteiger partial charge in [0.2, 0.25) is 27.7 Å². The molecule has 0 saturated heterocycles. The molecule has 4 bridgehead atoms. The van der Waals surface area contributed by atoms with Gasteiger partial charge < -0.3 is 41.9 Å². The highest BCUT2D eigenvalue weighted by atomic mass is 32.2. The van der Waals surface area contributed by atoms with Crippen molar-refractivity contribution >= 4 is 33.7 Å². The normalized spacial score (nSPS) is 18.1. The second-order valence-electron chi connectivity index (χ2n) is 14.3. The molecule has 3 amide bonds. The molecule has 0 radical (unpaired) electrons. The SMILES string of the molecule is CCCCCCCCCCNCCS(=O)(=O)N[C@@H](CCCCN)C(=O)N(C)[C@@H]1C(=O)N[C@@H](C)C(=O)N[C@H](C(=O)O)Cc2ccc(O)c(c2)-c2cc1ccc2O. The minimum atomic E-state index is -3.97. The minimum Gasteiger partial charge on any atom is -0.507 e. The van der Waals surface area contributed by atoms with E-state index in [0.717, 1.165) is 24.2 Å². The largest absolute Gasteiger partial charge is 0.507 e. The van der Waals surface area contributed by atoms with Gasteiger partial charge in [0, 0.05) is 31.1 Å². The van der Waals surface area contributed by atoms with Gasteiger partial charge in [0.1, 0.15) is 35.7 Å². The Morgan fingerprint density at radius 1 is 0.891 bits per heavy atom. The molecule has 306 valence electrons. The lowest BCUT2D eigenvalue weighted by atomic mass is 9.93. The van der Waals surface area contributed by atoms with E-state index in [1.54, 1.807) is 0 Å². The van der Waals surface area contributed by atoms with Gasteiger partial charge in [-0.05, 0) is 74.7 Å². The van der Waals surface area contributed by atoms with Gasteiger partial charge in [0.05, 0.1) is 5.75 Å². The number of hydrogen-bond donors (Lipinski definition) is 8. The highest BCUT2D eigenvalue weighted by Gasteiger charge is 2.36. The van der Waals surface area contributed by atoms with Crippen molar-refractivity contribution in [1.82, 2.24) is 25.6 Å². The second kappa shape index (κ2) is 22.3. The first-order valence-corrected chi connectivity index (χ1v) is 21.0. The van der Waals surface area contributed by atoms with Crippen molar-refractivity contribution in [1.29, 1.82) is 0 Å². The van der Waals surface area contributed by atoms with Crippen molar-refractivity contribution in [3.05, 3.63) is 47.5 Å². The molecule has 0 spiro atoms. The van der Waals surface area contributed by atoms with Crippen molar-refractivity contribution in [2.75, 3.05) is 32.4 Å². The maximum absolute atomic E-state index is 14.3. The van der Waals surface area contributed by atoms with Crippen molar-refractivity contribution in [3.63, 3.8) is 0 Å². The molecule has 55 heavy (non-hydrogen) atoms. The summed E-state index contributed by atoms with van der Waals surface area (Å²) in [7, 11) is -2.63. The number of unbranched alkanes of at least 4 members (excludes halogenated alkanes) is 8. The number of nitrogens with zero attached hydrogens (tertiary/aromatic N) is 1. The lowest BCUT2D eigenvalue weighted by molar-refractivity contribution is -0.143. The van der Waals surface area contributed by atoms with Gasteiger partial charge in [-0.3, -0.25) is 14.4 Å². The number of aliphatic carboxylic acids is 1. The summed E-state index contributed by atoms with van der Waals surface area (Å²) >= 11 is 0. The van der Waals surface area contributed by atoms with Crippen LogP contribution in [-0.2, 0) is 35.6 Å². The van der Waals surface area contributed by atoms with Gasteiger partial charge >= 0.3 is 5.97 Å². The van der Waals surface area contributed by atoms with E-state index in [0.29, 0.717) is 31.5 Å². The van der Waals surface area contributed by atoms with E-state index < -0.39 is 57.9 Å². The number of carboxylic acid groups (broad SMARTS) is 1. The Morgan fingerprint density at radius 2 is 1.53 bits per heavy atom. The molecule has 16 heteroatoms. The number of carbonyl (C=O) groups is 4. The van der Waals surface area contributed by atoms with Crippen LogP contribution in [0.15, 0.2) is 36.4 Å². The quantitative estimate of drug-likeness (QED) is 0.0856. The highest BCUT2D eigenvalue weighted by Crippen LogP contribution is 2.39. The van der Waals surface area contributed by atoms with E-state index in [4.69, 9.17) is 5.73 Å². The number of amides is 3. The number of phenolic OH excluding ortho intramolecular Hbond substituents is 2. The summed E-state index contributed by atoms with van der Waals surface area (Å²) in [6.07, 6.45) is 10.2. The molecule has 1 heterocycles. The number of carboxylic acids is 1. The van der Waals surface area contributed by atoms with Crippen LogP contribution in [0.1, 0.15) is 102 Å². The fourth-order valence-electron chi connectivity index (χ4n) is 6.60. The number of phenols is 2. The Labute approximate surface area is 324 Å². The summed E-state index contributed by atoms with van der Waals surface area (Å²) in [5.74, 6) is -4.46. The Balaban J connectivity index is 1.87. The standard InChI is InChI=1S/C39H60N6O9S/c1-4-5-6-7-8-9-10-13-20-41-21-22-55(53,54)44-31(14-11-12-19-40)38(50)45(3)35-28-16-18-34(47)30(25-28)29-23-27(15-17-33(29)46)24-32(39(51)52)43-36(48)26(2)42-37(35)49/h15-18,23,25-26,31-32,35,41,44,46-47H,4-14,19-22,24,40H2,1-3H3,(H,42,49)(H,43,48)(H,51,52)/t26-,31-,32-,35-/m0/s1. The van der Waals surface area contributed by atoms with Gasteiger partial charge in [-0.15, -0.1) is 0 Å². The Kier molecular flexibility index (Phi) is 18.3. The third kappa shape index (κ3) is 14.1. The molecule has 1 aliphatic rings. The van der Waals surface area contributed by atoms with Crippen molar-refractivity contribution in [2.24, 2.45) is 5.73 Å². The molecule has 0 unspecified atom stereocenters. The predicted molar refractivity (Wildman–Crippen MR) is 211 cm³/mol. The Hall–Kier alpha value is -4.25. The van der Waals surface area contributed by atoms with E-state index in [1.165, 1.54) is 82.5 Å². The first-order valence-electron chi connectivity index (χ1n) is 19.3. The number of fused-ring (bicyclic) bond motifs is 5. The zero-order valence-electron chi connectivity index (χ0n) is 32.3. The second-order valence-corrected chi connectivity index (χ2v) is 16.2. The van der Waals surface area contributed by atoms with Crippen LogP contribution in [0.25, 0.3) is 11.1 Å². The molecule has 15 nitrogen and oxygen atoms in total. The van der Waals surface area contributed by atoms with Crippen LogP contribution in [0.5, 0.6) is 11.5 Å². The summed E-state index contributed by atoms with van der Waals surface area (Å²) < 4.78 is 29.1. The molecular formula is C39H60N6O9S. The smallest absolute Gasteiger partial charge is 0.326 e. The van der Waals surface area contributed by atoms with E-state index in [2.05, 4.69) is 27.6 Å². The van der Waals surface area contributed by atoms with Crippen LogP contribution >= 0.6 is 0 Å². The Morgan fingerprint density at radius 3 is 2.18 bits per heavy atom. The lowest BCUT2D eigenvalue weighted by Gasteiger charge is -2.32. The first kappa shape index (κ1) is 45.1. The summed E-state index contributed by atoms with van der Waals surface area (Å²) in [6, 6.07) is 3.06. The molecule has 4 atom stereocenters. The maximum atomic E-state index is 14.3. The fraction of sp³-hybridized carbons (Fsp3) is 0.590. The average molecular weight is 789 g/mol. The lowest BCUT2D eigenvalue weighted by Crippen LogP contribution is -2.55. The number of sulfonamides is 1. The molecule has 9 N–H and O–H groups in total. The molecule has 0 aliphatic carbocycles. The number of hydrogen-bond acceptors (Lipinski definition) is 10. The molecule has 1 aliphatic heterocycles. The molecule has 0 saturated carbocycles. The van der Waals surface area contributed by atoms with Crippen LogP contribution in [0.3, 0.4) is 0 Å². The molecule has 2 aromatic rings. The van der Waals surface area contributed by atoms with E-state index in [-0.39, 0.29) is 53.3 Å². The fourth-order valence-corrected chi connectivity index (χ4v) is 7.78. The van der Waals surface area contributed by atoms with Gasteiger partial charge in [-0.1, -0.05) is 70.4 Å². The van der Waals surface area contributed by atoms with E-state index in [9.17, 15) is 42.9 Å². The molecule has 2 aromatic carbocycles. The number of carbonyl (C=O) groups excluding carboxylic acids is 3. The van der Waals surface area contributed by atoms with Crippen LogP contribution < -0.4 is 26.4 Å². The summed E-state index contributed by atoms with van der Waals surface area (Å²) in [4.78, 5) is 54.6. The summed E-state index contributed by atoms with van der Waals surface area (Å²) in [6.45, 7) is 4.74. The molecule has 3 rings (SSSR count). The zero-order chi connectivity index (χ0) is 40.5. The van der Waals surface area contributed by atoms with Gasteiger partial charge in [0.25, 0.3) is 0 Å². The first-order chi connectivity index (χ1) is 26.2. The minimum absolute atomic E-state index is 0.0937. The average Bonchev–Trinajstić information content (AvgIpc) is 3.13. The number of benzene rings is 2. The van der Waals surface area contributed by atoms with Crippen LogP contribution in [0.4, 0.5) is 0 Å². The third-order valence-electron chi connectivity index (χ3n) is 9.80. The predicted octanol–water partition coefficient (Wildman–Crippen LogP) is 3.04. The molecular weight excluding hydrogens is 729 g/mol. The van der Waals surface area contributed by atoms with Gasteiger partial charge in [-0.25, -0.2) is 17.9 Å². The molecule has 0 aromatic heterocycles. The van der Waals surface area contributed by atoms with Crippen LogP contribution in [0, 0.1) is 0 Å². The maximum Gasteiger partial charge on any atom is 0.326 e. The van der Waals surface area contributed by atoms with Crippen molar-refractivity contribution < 1.29 is 42.9 Å². The summed E-state index contributed by atoms with van der Waals surface area (Å²) in [5.41, 5.74) is 6.53. The van der Waals surface area contributed by atoms with Gasteiger partial charge in [0.15, 0.2) is 0 Å². The topological polar surface area (TPSA) is 240 Å².